The predicted molar refractivity (Wildman–Crippen MR) is 106 cm³/mol. The van der Waals surface area contributed by atoms with Gasteiger partial charge in [0.2, 0.25) is 5.91 Å². The summed E-state index contributed by atoms with van der Waals surface area (Å²) in [4.78, 5) is 26.7. The van der Waals surface area contributed by atoms with Crippen LogP contribution in [0.4, 0.5) is 5.82 Å². The number of nitrogens with one attached hydrogen (secondary N) is 1. The van der Waals surface area contributed by atoms with Crippen LogP contribution in [0, 0.1) is 0 Å². The molecular weight excluding hydrogens is 362 g/mol. The number of aryl methyl sites for hydroxylation is 1. The molecule has 142 valence electrons. The Kier molecular flexibility index (Phi) is 5.04. The molecule has 0 spiro atoms. The molecule has 1 aliphatic rings. The third-order valence-electron chi connectivity index (χ3n) is 4.89. The third kappa shape index (κ3) is 3.79. The van der Waals surface area contributed by atoms with E-state index in [2.05, 4.69) is 36.2 Å². The van der Waals surface area contributed by atoms with Gasteiger partial charge in [-0.1, -0.05) is 6.07 Å². The highest BCUT2D eigenvalue weighted by Gasteiger charge is 2.22. The van der Waals surface area contributed by atoms with E-state index in [0.29, 0.717) is 6.54 Å². The van der Waals surface area contributed by atoms with E-state index in [-0.39, 0.29) is 11.9 Å². The Balaban J connectivity index is 1.33. The molecule has 0 radical (unpaired) electrons. The number of thiophene rings is 1. The van der Waals surface area contributed by atoms with Crippen molar-refractivity contribution in [2.24, 2.45) is 7.05 Å². The monoisotopic (exact) mass is 385 g/mol. The summed E-state index contributed by atoms with van der Waals surface area (Å²) in [5, 5.41) is 10.4. The van der Waals surface area contributed by atoms with Crippen molar-refractivity contribution < 1.29 is 4.79 Å². The highest BCUT2D eigenvalue weighted by Crippen LogP contribution is 2.23. The number of piperazine rings is 1. The number of carbonyl (C=O) groups is 1. The zero-order valence-corrected chi connectivity index (χ0v) is 16.3. The number of hydrogen-bond donors (Lipinski definition) is 1. The van der Waals surface area contributed by atoms with E-state index in [1.165, 1.54) is 4.88 Å². The summed E-state index contributed by atoms with van der Waals surface area (Å²) < 4.78 is 1.76. The fraction of sp³-hybridized carbons (Fsp3) is 0.444. The van der Waals surface area contributed by atoms with Gasteiger partial charge in [-0.2, -0.15) is 5.10 Å². The molecule has 0 aromatic carbocycles. The summed E-state index contributed by atoms with van der Waals surface area (Å²) >= 11 is 1.67. The number of amides is 1. The summed E-state index contributed by atoms with van der Waals surface area (Å²) in [6, 6.07) is 4.11. The van der Waals surface area contributed by atoms with Crippen molar-refractivity contribution >= 4 is 34.1 Å². The maximum atomic E-state index is 12.4. The Labute approximate surface area is 161 Å². The minimum absolute atomic E-state index is 0.0543. The quantitative estimate of drug-likeness (QED) is 0.716. The summed E-state index contributed by atoms with van der Waals surface area (Å²) in [6.45, 7) is 5.76. The van der Waals surface area contributed by atoms with Crippen molar-refractivity contribution in [3.63, 3.8) is 0 Å². The van der Waals surface area contributed by atoms with Crippen LogP contribution >= 0.6 is 11.3 Å². The molecule has 27 heavy (non-hydrogen) atoms. The largest absolute Gasteiger partial charge is 0.353 e. The van der Waals surface area contributed by atoms with E-state index in [9.17, 15) is 4.79 Å². The molecule has 0 bridgehead atoms. The van der Waals surface area contributed by atoms with Gasteiger partial charge in [0, 0.05) is 38.1 Å². The normalized spacial score (nSPS) is 16.6. The lowest BCUT2D eigenvalue weighted by molar-refractivity contribution is -0.122. The van der Waals surface area contributed by atoms with Gasteiger partial charge in [0.25, 0.3) is 0 Å². The third-order valence-corrected chi connectivity index (χ3v) is 5.95. The molecule has 1 aliphatic heterocycles. The van der Waals surface area contributed by atoms with E-state index in [1.54, 1.807) is 22.3 Å². The molecule has 0 saturated carbocycles. The molecule has 1 N–H and O–H groups in total. The van der Waals surface area contributed by atoms with E-state index in [4.69, 9.17) is 0 Å². The van der Waals surface area contributed by atoms with Crippen LogP contribution in [0.1, 0.15) is 17.8 Å². The Hall–Kier alpha value is -2.52. The molecule has 1 atom stereocenters. The van der Waals surface area contributed by atoms with Crippen molar-refractivity contribution in [3.05, 3.63) is 34.9 Å². The Bertz CT molecular complexity index is 915. The van der Waals surface area contributed by atoms with Crippen LogP contribution in [0.25, 0.3) is 11.0 Å². The molecule has 9 heteroatoms. The molecule has 4 heterocycles. The molecule has 3 aromatic heterocycles. The first-order valence-corrected chi connectivity index (χ1v) is 9.92. The standard InChI is InChI=1S/C18H23N7OS/c1-13(15-4-3-9-27-15)22-16(26)11-24-5-7-25(8-6-24)18-14-10-21-23(2)17(14)19-12-20-18/h3-4,9-10,12-13H,5-8,11H2,1-2H3,(H,22,26). The number of carbonyl (C=O) groups excluding carboxylic acids is 1. The highest BCUT2D eigenvalue weighted by molar-refractivity contribution is 7.10. The number of rotatable bonds is 5. The van der Waals surface area contributed by atoms with Gasteiger partial charge in [0.15, 0.2) is 5.65 Å². The highest BCUT2D eigenvalue weighted by atomic mass is 32.1. The first kappa shape index (κ1) is 17.9. The van der Waals surface area contributed by atoms with E-state index in [1.807, 2.05) is 31.6 Å². The first-order valence-electron chi connectivity index (χ1n) is 9.04. The smallest absolute Gasteiger partial charge is 0.234 e. The van der Waals surface area contributed by atoms with Gasteiger partial charge in [-0.3, -0.25) is 14.4 Å². The summed E-state index contributed by atoms with van der Waals surface area (Å²) in [5.41, 5.74) is 0.837. The van der Waals surface area contributed by atoms with Gasteiger partial charge in [-0.05, 0) is 18.4 Å². The lowest BCUT2D eigenvalue weighted by atomic mass is 10.2. The second-order valence-electron chi connectivity index (χ2n) is 6.77. The van der Waals surface area contributed by atoms with E-state index < -0.39 is 0 Å². The fourth-order valence-corrected chi connectivity index (χ4v) is 4.15. The van der Waals surface area contributed by atoms with Gasteiger partial charge in [-0.25, -0.2) is 9.97 Å². The molecule has 1 saturated heterocycles. The van der Waals surface area contributed by atoms with Gasteiger partial charge >= 0.3 is 0 Å². The van der Waals surface area contributed by atoms with Crippen molar-refractivity contribution in [1.82, 2.24) is 30.0 Å². The average Bonchev–Trinajstić information content (AvgIpc) is 3.33. The van der Waals surface area contributed by atoms with Crippen LogP contribution in [-0.4, -0.2) is 63.3 Å². The van der Waals surface area contributed by atoms with Crippen LogP contribution < -0.4 is 10.2 Å². The summed E-state index contributed by atoms with van der Waals surface area (Å²) in [6.07, 6.45) is 3.40. The van der Waals surface area contributed by atoms with Crippen LogP contribution in [-0.2, 0) is 11.8 Å². The van der Waals surface area contributed by atoms with Crippen molar-refractivity contribution in [2.75, 3.05) is 37.6 Å². The Morgan fingerprint density at radius 3 is 2.85 bits per heavy atom. The number of fused-ring (bicyclic) bond motifs is 1. The Morgan fingerprint density at radius 2 is 2.11 bits per heavy atom. The maximum absolute atomic E-state index is 12.4. The van der Waals surface area contributed by atoms with Crippen molar-refractivity contribution in [2.45, 2.75) is 13.0 Å². The lowest BCUT2D eigenvalue weighted by Crippen LogP contribution is -2.50. The molecule has 1 amide bonds. The van der Waals surface area contributed by atoms with E-state index >= 15 is 0 Å². The van der Waals surface area contributed by atoms with Gasteiger partial charge in [-0.15, -0.1) is 11.3 Å². The predicted octanol–water partition coefficient (Wildman–Crippen LogP) is 1.42. The van der Waals surface area contributed by atoms with Gasteiger partial charge in [0.1, 0.15) is 12.1 Å². The zero-order chi connectivity index (χ0) is 18.8. The van der Waals surface area contributed by atoms with Crippen molar-refractivity contribution in [3.8, 4) is 0 Å². The van der Waals surface area contributed by atoms with Crippen LogP contribution in [0.15, 0.2) is 30.0 Å². The molecule has 4 rings (SSSR count). The molecule has 3 aromatic rings. The number of nitrogens with zero attached hydrogens (tertiary/aromatic N) is 6. The van der Waals surface area contributed by atoms with E-state index in [0.717, 1.165) is 43.0 Å². The van der Waals surface area contributed by atoms with Gasteiger partial charge in [0.05, 0.1) is 24.2 Å². The molecular formula is C18H23N7OS. The summed E-state index contributed by atoms with van der Waals surface area (Å²) in [7, 11) is 1.88. The first-order chi connectivity index (χ1) is 13.1. The molecule has 8 nitrogen and oxygen atoms in total. The summed E-state index contributed by atoms with van der Waals surface area (Å²) in [5.74, 6) is 0.990. The van der Waals surface area contributed by atoms with Gasteiger partial charge < -0.3 is 10.2 Å². The second-order valence-corrected chi connectivity index (χ2v) is 7.75. The van der Waals surface area contributed by atoms with Crippen LogP contribution in [0.3, 0.4) is 0 Å². The molecule has 1 unspecified atom stereocenters. The molecule has 1 fully saturated rings. The Morgan fingerprint density at radius 1 is 1.30 bits per heavy atom. The van der Waals surface area contributed by atoms with Crippen LogP contribution in [0.2, 0.25) is 0 Å². The molecule has 0 aliphatic carbocycles. The minimum atomic E-state index is 0.0543. The number of hydrogen-bond acceptors (Lipinski definition) is 7. The second kappa shape index (κ2) is 7.61. The fourth-order valence-electron chi connectivity index (χ4n) is 3.42. The number of aromatic nitrogens is 4. The zero-order valence-electron chi connectivity index (χ0n) is 15.5. The topological polar surface area (TPSA) is 79.2 Å². The number of anilines is 1. The SMILES string of the molecule is CC(NC(=O)CN1CCN(c2ncnc3c2cnn3C)CC1)c1cccs1. The maximum Gasteiger partial charge on any atom is 0.234 e. The minimum Gasteiger partial charge on any atom is -0.353 e. The lowest BCUT2D eigenvalue weighted by Gasteiger charge is -2.35. The average molecular weight is 385 g/mol. The van der Waals surface area contributed by atoms with Crippen LogP contribution in [0.5, 0.6) is 0 Å². The van der Waals surface area contributed by atoms with Crippen molar-refractivity contribution in [1.29, 1.82) is 0 Å².